The normalized spacial score (nSPS) is 9.75. The van der Waals surface area contributed by atoms with Gasteiger partial charge in [0.15, 0.2) is 6.61 Å². The molecule has 1 rings (SSSR count). The molecule has 0 saturated carbocycles. The van der Waals surface area contributed by atoms with E-state index < -0.39 is 11.9 Å². The lowest BCUT2D eigenvalue weighted by Crippen LogP contribution is -2.27. The van der Waals surface area contributed by atoms with Crippen molar-refractivity contribution in [3.05, 3.63) is 29.8 Å². The van der Waals surface area contributed by atoms with Crippen LogP contribution < -0.4 is 4.74 Å². The van der Waals surface area contributed by atoms with Crippen molar-refractivity contribution >= 4 is 17.8 Å². The van der Waals surface area contributed by atoms with Crippen molar-refractivity contribution < 1.29 is 23.9 Å². The number of carbonyl (C=O) groups excluding carboxylic acids is 3. The number of nitrogens with zero attached hydrogens (tertiary/aromatic N) is 1. The van der Waals surface area contributed by atoms with Gasteiger partial charge in [-0.05, 0) is 17.7 Å². The summed E-state index contributed by atoms with van der Waals surface area (Å²) in [5.74, 6) is -0.749. The summed E-state index contributed by atoms with van der Waals surface area (Å²) in [4.78, 5) is 34.9. The van der Waals surface area contributed by atoms with Gasteiger partial charge in [-0.15, -0.1) is 0 Å². The fourth-order valence-electron chi connectivity index (χ4n) is 1.33. The summed E-state index contributed by atoms with van der Waals surface area (Å²) >= 11 is 0. The van der Waals surface area contributed by atoms with E-state index in [-0.39, 0.29) is 18.9 Å². The van der Waals surface area contributed by atoms with Crippen molar-refractivity contribution in [3.63, 3.8) is 0 Å². The Morgan fingerprint density at radius 1 is 1.10 bits per heavy atom. The molecule has 0 unspecified atom stereocenters. The summed E-state index contributed by atoms with van der Waals surface area (Å²) in [5, 5.41) is 0. The number of rotatable bonds is 5. The zero-order valence-electron chi connectivity index (χ0n) is 11.7. The molecule has 6 heteroatoms. The van der Waals surface area contributed by atoms with E-state index >= 15 is 0 Å². The van der Waals surface area contributed by atoms with E-state index in [9.17, 15) is 14.4 Å². The average Bonchev–Trinajstić information content (AvgIpc) is 2.37. The van der Waals surface area contributed by atoms with E-state index in [0.717, 1.165) is 0 Å². The lowest BCUT2D eigenvalue weighted by molar-refractivity contribution is -0.150. The zero-order valence-corrected chi connectivity index (χ0v) is 11.7. The number of ether oxygens (including phenoxy) is 2. The number of likely N-dealkylation sites (N-methyl/N-ethyl adjacent to an activating group) is 1. The fourth-order valence-corrected chi connectivity index (χ4v) is 1.33. The Labute approximate surface area is 117 Å². The van der Waals surface area contributed by atoms with Crippen LogP contribution in [-0.4, -0.2) is 43.4 Å². The van der Waals surface area contributed by atoms with Crippen molar-refractivity contribution in [3.8, 4) is 5.75 Å². The first-order chi connectivity index (χ1) is 9.38. The Bertz CT molecular complexity index is 493. The van der Waals surface area contributed by atoms with Gasteiger partial charge in [0, 0.05) is 21.0 Å². The van der Waals surface area contributed by atoms with Crippen molar-refractivity contribution in [2.45, 2.75) is 13.3 Å². The van der Waals surface area contributed by atoms with E-state index in [0.29, 0.717) is 11.3 Å². The van der Waals surface area contributed by atoms with Crippen molar-refractivity contribution in [2.75, 3.05) is 20.7 Å². The molecule has 0 spiro atoms. The van der Waals surface area contributed by atoms with Crippen molar-refractivity contribution in [1.29, 1.82) is 0 Å². The predicted octanol–water partition coefficient (Wildman–Crippen LogP) is 0.786. The third kappa shape index (κ3) is 5.51. The predicted molar refractivity (Wildman–Crippen MR) is 71.1 cm³/mol. The molecule has 0 heterocycles. The Balaban J connectivity index is 2.46. The minimum atomic E-state index is -0.486. The molecule has 1 aromatic carbocycles. The SMILES string of the molecule is CC(=O)Oc1ccc(CC(=O)OCC(=O)N(C)C)cc1. The van der Waals surface area contributed by atoms with Crippen LogP contribution in [0.1, 0.15) is 12.5 Å². The molecule has 108 valence electrons. The summed E-state index contributed by atoms with van der Waals surface area (Å²) in [7, 11) is 3.17. The smallest absolute Gasteiger partial charge is 0.310 e. The Morgan fingerprint density at radius 3 is 2.20 bits per heavy atom. The molecular formula is C14H17NO5. The lowest BCUT2D eigenvalue weighted by Gasteiger charge is -2.10. The van der Waals surface area contributed by atoms with Crippen LogP contribution in [0.25, 0.3) is 0 Å². The maximum atomic E-state index is 11.5. The van der Waals surface area contributed by atoms with Gasteiger partial charge >= 0.3 is 11.9 Å². The standard InChI is InChI=1S/C14H17NO5/c1-10(16)20-12-6-4-11(5-7-12)8-14(18)19-9-13(17)15(2)3/h4-7H,8-9H2,1-3H3. The number of hydrogen-bond acceptors (Lipinski definition) is 5. The van der Waals surface area contributed by atoms with Gasteiger partial charge in [-0.25, -0.2) is 0 Å². The number of esters is 2. The van der Waals surface area contributed by atoms with Crippen LogP contribution >= 0.6 is 0 Å². The minimum Gasteiger partial charge on any atom is -0.455 e. The van der Waals surface area contributed by atoms with Gasteiger partial charge in [0.2, 0.25) is 0 Å². The van der Waals surface area contributed by atoms with Gasteiger partial charge in [-0.1, -0.05) is 12.1 Å². The molecule has 0 fully saturated rings. The molecule has 0 atom stereocenters. The highest BCUT2D eigenvalue weighted by molar-refractivity contribution is 5.81. The van der Waals surface area contributed by atoms with Gasteiger partial charge in [-0.2, -0.15) is 0 Å². The maximum Gasteiger partial charge on any atom is 0.310 e. The molecule has 1 amide bonds. The van der Waals surface area contributed by atoms with Gasteiger partial charge in [0.05, 0.1) is 6.42 Å². The van der Waals surface area contributed by atoms with Gasteiger partial charge < -0.3 is 14.4 Å². The second-order valence-corrected chi connectivity index (χ2v) is 4.36. The monoisotopic (exact) mass is 279 g/mol. The molecule has 20 heavy (non-hydrogen) atoms. The molecule has 0 aliphatic rings. The Hall–Kier alpha value is -2.37. The molecule has 0 N–H and O–H groups in total. The van der Waals surface area contributed by atoms with Gasteiger partial charge in [0.1, 0.15) is 5.75 Å². The largest absolute Gasteiger partial charge is 0.455 e. The van der Waals surface area contributed by atoms with Crippen LogP contribution in [0.2, 0.25) is 0 Å². The van der Waals surface area contributed by atoms with Crippen LogP contribution in [0.15, 0.2) is 24.3 Å². The highest BCUT2D eigenvalue weighted by Gasteiger charge is 2.10. The van der Waals surface area contributed by atoms with Crippen LogP contribution in [-0.2, 0) is 25.5 Å². The van der Waals surface area contributed by atoms with Gasteiger partial charge in [-0.3, -0.25) is 14.4 Å². The molecule has 6 nitrogen and oxygen atoms in total. The fraction of sp³-hybridized carbons (Fsp3) is 0.357. The highest BCUT2D eigenvalue weighted by atomic mass is 16.5. The Kier molecular flexibility index (Phi) is 5.71. The summed E-state index contributed by atoms with van der Waals surface area (Å²) < 4.78 is 9.72. The first kappa shape index (κ1) is 15.7. The first-order valence-electron chi connectivity index (χ1n) is 6.01. The molecule has 0 aliphatic heterocycles. The first-order valence-corrected chi connectivity index (χ1v) is 6.01. The van der Waals surface area contributed by atoms with E-state index in [1.807, 2.05) is 0 Å². The van der Waals surface area contributed by atoms with E-state index in [4.69, 9.17) is 9.47 Å². The third-order valence-electron chi connectivity index (χ3n) is 2.39. The molecule has 0 radical (unpaired) electrons. The molecular weight excluding hydrogens is 262 g/mol. The molecule has 0 saturated heterocycles. The third-order valence-corrected chi connectivity index (χ3v) is 2.39. The maximum absolute atomic E-state index is 11.5. The van der Waals surface area contributed by atoms with E-state index in [1.54, 1.807) is 38.4 Å². The molecule has 0 bridgehead atoms. The number of carbonyl (C=O) groups is 3. The number of hydrogen-bond donors (Lipinski definition) is 0. The van der Waals surface area contributed by atoms with E-state index in [2.05, 4.69) is 0 Å². The second kappa shape index (κ2) is 7.28. The average molecular weight is 279 g/mol. The van der Waals surface area contributed by atoms with Crippen molar-refractivity contribution in [2.24, 2.45) is 0 Å². The number of amides is 1. The molecule has 1 aromatic rings. The van der Waals surface area contributed by atoms with Crippen LogP contribution in [0, 0.1) is 0 Å². The summed E-state index contributed by atoms with van der Waals surface area (Å²) in [6.45, 7) is 1.05. The van der Waals surface area contributed by atoms with Crippen molar-refractivity contribution in [1.82, 2.24) is 4.90 Å². The topological polar surface area (TPSA) is 72.9 Å². The van der Waals surface area contributed by atoms with Crippen LogP contribution in [0.4, 0.5) is 0 Å². The Morgan fingerprint density at radius 2 is 1.70 bits per heavy atom. The number of benzene rings is 1. The quantitative estimate of drug-likeness (QED) is 0.588. The molecule has 0 aromatic heterocycles. The summed E-state index contributed by atoms with van der Waals surface area (Å²) in [6.07, 6.45) is 0.0566. The van der Waals surface area contributed by atoms with Crippen LogP contribution in [0.3, 0.4) is 0 Å². The zero-order chi connectivity index (χ0) is 15.1. The van der Waals surface area contributed by atoms with Gasteiger partial charge in [0.25, 0.3) is 5.91 Å². The van der Waals surface area contributed by atoms with Crippen LogP contribution in [0.5, 0.6) is 5.75 Å². The second-order valence-electron chi connectivity index (χ2n) is 4.36. The molecule has 0 aliphatic carbocycles. The lowest BCUT2D eigenvalue weighted by atomic mass is 10.1. The minimum absolute atomic E-state index is 0.0566. The van der Waals surface area contributed by atoms with E-state index in [1.165, 1.54) is 11.8 Å². The summed E-state index contributed by atoms with van der Waals surface area (Å²) in [6, 6.07) is 6.50. The highest BCUT2D eigenvalue weighted by Crippen LogP contribution is 2.13. The summed E-state index contributed by atoms with van der Waals surface area (Å²) in [5.41, 5.74) is 0.711.